The third-order valence-corrected chi connectivity index (χ3v) is 4.48. The molecule has 5 N–H and O–H groups in total. The maximum Gasteiger partial charge on any atom is 0.326 e. The van der Waals surface area contributed by atoms with Crippen molar-refractivity contribution in [3.05, 3.63) is 0 Å². The highest BCUT2D eigenvalue weighted by Gasteiger charge is 2.28. The lowest BCUT2D eigenvalue weighted by Gasteiger charge is -2.22. The quantitative estimate of drug-likeness (QED) is 0.332. The van der Waals surface area contributed by atoms with Gasteiger partial charge < -0.3 is 26.4 Å². The van der Waals surface area contributed by atoms with Crippen molar-refractivity contribution < 1.29 is 24.3 Å². The number of hydrogen-bond acceptors (Lipinski definition) is 5. The van der Waals surface area contributed by atoms with Crippen molar-refractivity contribution in [2.45, 2.75) is 71.5 Å². The molecule has 3 unspecified atom stereocenters. The number of carboxylic acid groups (broad SMARTS) is 1. The van der Waals surface area contributed by atoms with Crippen molar-refractivity contribution in [1.29, 1.82) is 0 Å². The van der Waals surface area contributed by atoms with E-state index in [1.54, 1.807) is 0 Å². The molecule has 3 amide bonds. The van der Waals surface area contributed by atoms with E-state index >= 15 is 0 Å². The summed E-state index contributed by atoms with van der Waals surface area (Å²) in [6, 6.07) is -2.03. The van der Waals surface area contributed by atoms with Gasteiger partial charge in [-0.05, 0) is 44.1 Å². The molecule has 0 aliphatic carbocycles. The fourth-order valence-corrected chi connectivity index (χ4v) is 3.11. The van der Waals surface area contributed by atoms with Crippen LogP contribution in [0.4, 0.5) is 0 Å². The van der Waals surface area contributed by atoms with Crippen molar-refractivity contribution in [2.24, 2.45) is 11.8 Å². The molecular formula is C19H34N4O5. The number of carbonyl (C=O) groups is 4. The van der Waals surface area contributed by atoms with Crippen molar-refractivity contribution in [3.8, 4) is 0 Å². The number of nitrogens with one attached hydrogen (secondary N) is 4. The van der Waals surface area contributed by atoms with Gasteiger partial charge in [-0.25, -0.2) is 4.79 Å². The Labute approximate surface area is 166 Å². The van der Waals surface area contributed by atoms with Crippen LogP contribution in [0, 0.1) is 11.8 Å². The molecule has 1 heterocycles. The van der Waals surface area contributed by atoms with Crippen LogP contribution in [0.5, 0.6) is 0 Å². The lowest BCUT2D eigenvalue weighted by atomic mass is 10.0. The lowest BCUT2D eigenvalue weighted by Crippen LogP contribution is -2.53. The average molecular weight is 399 g/mol. The van der Waals surface area contributed by atoms with Gasteiger partial charge in [-0.2, -0.15) is 0 Å². The predicted octanol–water partition coefficient (Wildman–Crippen LogP) is 0.00100. The second-order valence-corrected chi connectivity index (χ2v) is 8.15. The zero-order valence-corrected chi connectivity index (χ0v) is 17.2. The van der Waals surface area contributed by atoms with Crippen LogP contribution in [0.1, 0.15) is 53.4 Å². The van der Waals surface area contributed by atoms with Crippen LogP contribution in [0.25, 0.3) is 0 Å². The molecule has 1 aliphatic rings. The third-order valence-electron chi connectivity index (χ3n) is 4.48. The van der Waals surface area contributed by atoms with Crippen LogP contribution in [-0.4, -0.2) is 60.0 Å². The Bertz CT molecular complexity index is 559. The van der Waals surface area contributed by atoms with Crippen LogP contribution in [0.15, 0.2) is 0 Å². The standard InChI is InChI=1S/C19H34N4O5/c1-11(2)8-14(23-18(26)13-6-5-7-20-13)17(25)21-10-16(24)22-15(19(27)28)9-12(3)4/h11-15,20H,5-10H2,1-4H3,(H,21,25)(H,22,24)(H,23,26)(H,27,28). The van der Waals surface area contributed by atoms with E-state index < -0.39 is 29.9 Å². The van der Waals surface area contributed by atoms with E-state index in [-0.39, 0.29) is 30.3 Å². The first-order valence-corrected chi connectivity index (χ1v) is 9.93. The summed E-state index contributed by atoms with van der Waals surface area (Å²) in [6.45, 7) is 8.05. The first kappa shape index (κ1) is 23.9. The number of carbonyl (C=O) groups excluding carboxylic acids is 3. The summed E-state index contributed by atoms with van der Waals surface area (Å²) in [5.74, 6) is -2.08. The van der Waals surface area contributed by atoms with Gasteiger partial charge in [-0.1, -0.05) is 27.7 Å². The molecule has 1 aliphatic heterocycles. The van der Waals surface area contributed by atoms with E-state index in [9.17, 15) is 24.3 Å². The molecule has 9 nitrogen and oxygen atoms in total. The molecular weight excluding hydrogens is 364 g/mol. The summed E-state index contributed by atoms with van der Waals surface area (Å²) < 4.78 is 0. The molecule has 0 saturated carbocycles. The molecule has 0 aromatic carbocycles. The smallest absolute Gasteiger partial charge is 0.326 e. The SMILES string of the molecule is CC(C)CC(NC(=O)CNC(=O)C(CC(C)C)NC(=O)C1CCCN1)C(=O)O. The van der Waals surface area contributed by atoms with Crippen molar-refractivity contribution in [2.75, 3.05) is 13.1 Å². The molecule has 160 valence electrons. The predicted molar refractivity (Wildman–Crippen MR) is 104 cm³/mol. The van der Waals surface area contributed by atoms with E-state index in [0.29, 0.717) is 12.8 Å². The molecule has 0 spiro atoms. The molecule has 1 saturated heterocycles. The molecule has 0 aromatic rings. The summed E-state index contributed by atoms with van der Waals surface area (Å²) in [5.41, 5.74) is 0. The van der Waals surface area contributed by atoms with Gasteiger partial charge in [-0.3, -0.25) is 14.4 Å². The Hall–Kier alpha value is -2.16. The van der Waals surface area contributed by atoms with Crippen molar-refractivity contribution in [3.63, 3.8) is 0 Å². The minimum absolute atomic E-state index is 0.103. The molecule has 0 aromatic heterocycles. The maximum absolute atomic E-state index is 12.5. The van der Waals surface area contributed by atoms with Crippen LogP contribution >= 0.6 is 0 Å². The van der Waals surface area contributed by atoms with Gasteiger partial charge in [0.2, 0.25) is 17.7 Å². The summed E-state index contributed by atoms with van der Waals surface area (Å²) >= 11 is 0. The highest BCUT2D eigenvalue weighted by molar-refractivity contribution is 5.92. The number of hydrogen-bond donors (Lipinski definition) is 5. The normalized spacial score (nSPS) is 18.6. The Morgan fingerprint density at radius 1 is 1.00 bits per heavy atom. The van der Waals surface area contributed by atoms with Crippen LogP contribution in [-0.2, 0) is 19.2 Å². The minimum Gasteiger partial charge on any atom is -0.480 e. The topological polar surface area (TPSA) is 137 Å². The average Bonchev–Trinajstić information content (AvgIpc) is 3.12. The zero-order valence-electron chi connectivity index (χ0n) is 17.2. The first-order chi connectivity index (χ1) is 13.1. The molecule has 9 heteroatoms. The van der Waals surface area contributed by atoms with Gasteiger partial charge in [0.05, 0.1) is 12.6 Å². The summed E-state index contributed by atoms with van der Waals surface area (Å²) in [7, 11) is 0. The van der Waals surface area contributed by atoms with Gasteiger partial charge in [0.25, 0.3) is 0 Å². The number of carboxylic acids is 1. The van der Waals surface area contributed by atoms with E-state index in [0.717, 1.165) is 19.4 Å². The molecule has 1 fully saturated rings. The van der Waals surface area contributed by atoms with E-state index in [1.165, 1.54) is 0 Å². The maximum atomic E-state index is 12.5. The van der Waals surface area contributed by atoms with Gasteiger partial charge >= 0.3 is 5.97 Å². The minimum atomic E-state index is -1.11. The van der Waals surface area contributed by atoms with E-state index in [1.807, 2.05) is 27.7 Å². The van der Waals surface area contributed by atoms with Crippen LogP contribution < -0.4 is 21.3 Å². The Morgan fingerprint density at radius 2 is 1.61 bits per heavy atom. The Morgan fingerprint density at radius 3 is 2.11 bits per heavy atom. The summed E-state index contributed by atoms with van der Waals surface area (Å²) in [5, 5.41) is 20.0. The lowest BCUT2D eigenvalue weighted by molar-refractivity contribution is -0.142. The molecule has 3 atom stereocenters. The Kier molecular flexibility index (Phi) is 9.92. The third kappa shape index (κ3) is 8.69. The fourth-order valence-electron chi connectivity index (χ4n) is 3.11. The van der Waals surface area contributed by atoms with Gasteiger partial charge in [0, 0.05) is 0 Å². The molecule has 1 rings (SSSR count). The number of rotatable bonds is 11. The molecule has 0 bridgehead atoms. The van der Waals surface area contributed by atoms with Gasteiger partial charge in [-0.15, -0.1) is 0 Å². The molecule has 0 radical (unpaired) electrons. The summed E-state index contributed by atoms with van der Waals surface area (Å²) in [6.07, 6.45) is 2.39. The van der Waals surface area contributed by atoms with Crippen molar-refractivity contribution >= 4 is 23.7 Å². The monoisotopic (exact) mass is 398 g/mol. The largest absolute Gasteiger partial charge is 0.480 e. The molecule has 28 heavy (non-hydrogen) atoms. The summed E-state index contributed by atoms with van der Waals surface area (Å²) in [4.78, 5) is 48.1. The van der Waals surface area contributed by atoms with E-state index in [2.05, 4.69) is 21.3 Å². The number of aliphatic carboxylic acids is 1. The van der Waals surface area contributed by atoms with Crippen LogP contribution in [0.2, 0.25) is 0 Å². The van der Waals surface area contributed by atoms with Crippen molar-refractivity contribution in [1.82, 2.24) is 21.3 Å². The van der Waals surface area contributed by atoms with Gasteiger partial charge in [0.1, 0.15) is 12.1 Å². The van der Waals surface area contributed by atoms with Gasteiger partial charge in [0.15, 0.2) is 0 Å². The number of amides is 3. The van der Waals surface area contributed by atoms with Crippen LogP contribution in [0.3, 0.4) is 0 Å². The fraction of sp³-hybridized carbons (Fsp3) is 0.789. The zero-order chi connectivity index (χ0) is 21.3. The van der Waals surface area contributed by atoms with E-state index in [4.69, 9.17) is 0 Å². The highest BCUT2D eigenvalue weighted by atomic mass is 16.4. The Balaban J connectivity index is 2.57. The first-order valence-electron chi connectivity index (χ1n) is 9.93. The second-order valence-electron chi connectivity index (χ2n) is 8.15. The second kappa shape index (κ2) is 11.6. The highest BCUT2D eigenvalue weighted by Crippen LogP contribution is 2.09.